The number of nitrogens with zero attached hydrogens (tertiary/aromatic N) is 4. The van der Waals surface area contributed by atoms with Crippen LogP contribution in [0.4, 0.5) is 10.1 Å². The van der Waals surface area contributed by atoms with Crippen molar-refractivity contribution in [3.8, 4) is 11.4 Å². The first-order valence-electron chi connectivity index (χ1n) is 7.90. The molecular weight excluding hydrogens is 389 g/mol. The molecule has 0 spiro atoms. The maximum absolute atomic E-state index is 13.1. The van der Waals surface area contributed by atoms with Gasteiger partial charge in [-0.3, -0.25) is 14.3 Å². The van der Waals surface area contributed by atoms with Gasteiger partial charge < -0.3 is 5.32 Å². The van der Waals surface area contributed by atoms with Crippen LogP contribution in [0.15, 0.2) is 60.5 Å². The summed E-state index contributed by atoms with van der Waals surface area (Å²) in [6, 6.07) is 7.47. The summed E-state index contributed by atoms with van der Waals surface area (Å²) in [5, 5.41) is 11.8. The first-order chi connectivity index (χ1) is 13.1. The number of carbonyl (C=O) groups is 1. The number of carbonyl (C=O) groups excluding carboxylic acids is 1. The van der Waals surface area contributed by atoms with Crippen LogP contribution in [0, 0.1) is 5.82 Å². The molecule has 0 aliphatic carbocycles. The zero-order valence-corrected chi connectivity index (χ0v) is 15.7. The summed E-state index contributed by atoms with van der Waals surface area (Å²) in [7, 11) is 0. The summed E-state index contributed by atoms with van der Waals surface area (Å²) < 4.78 is 14.9. The monoisotopic (exact) mass is 403 g/mol. The molecule has 2 aromatic heterocycles. The number of amides is 1. The third-order valence-corrected chi connectivity index (χ3v) is 4.78. The Labute approximate surface area is 164 Å². The highest BCUT2D eigenvalue weighted by molar-refractivity contribution is 7.99. The molecular formula is C18H15ClFN5OS. The zero-order chi connectivity index (χ0) is 19.2. The lowest BCUT2D eigenvalue weighted by Gasteiger charge is -2.09. The van der Waals surface area contributed by atoms with Gasteiger partial charge in [0.15, 0.2) is 11.0 Å². The van der Waals surface area contributed by atoms with E-state index in [0.717, 1.165) is 11.6 Å². The molecule has 0 aliphatic rings. The molecule has 6 nitrogen and oxygen atoms in total. The summed E-state index contributed by atoms with van der Waals surface area (Å²) in [6.45, 7) is 4.26. The number of hydrogen-bond acceptors (Lipinski definition) is 5. The molecule has 3 rings (SSSR count). The Kier molecular flexibility index (Phi) is 6.20. The highest BCUT2D eigenvalue weighted by Gasteiger charge is 2.15. The van der Waals surface area contributed by atoms with Gasteiger partial charge in [-0.25, -0.2) is 4.39 Å². The normalized spacial score (nSPS) is 10.6. The van der Waals surface area contributed by atoms with Crippen LogP contribution in [0.1, 0.15) is 0 Å². The van der Waals surface area contributed by atoms with Crippen LogP contribution in [0.3, 0.4) is 0 Å². The molecule has 0 saturated carbocycles. The van der Waals surface area contributed by atoms with Gasteiger partial charge in [-0.05, 0) is 30.3 Å². The number of rotatable bonds is 7. The largest absolute Gasteiger partial charge is 0.324 e. The lowest BCUT2D eigenvalue weighted by molar-refractivity contribution is -0.113. The van der Waals surface area contributed by atoms with Gasteiger partial charge in [-0.2, -0.15) is 0 Å². The van der Waals surface area contributed by atoms with Gasteiger partial charge in [0.1, 0.15) is 5.82 Å². The molecule has 1 N–H and O–H groups in total. The van der Waals surface area contributed by atoms with Gasteiger partial charge in [0.25, 0.3) is 0 Å². The van der Waals surface area contributed by atoms with Crippen molar-refractivity contribution in [1.29, 1.82) is 0 Å². The first kappa shape index (κ1) is 19.1. The van der Waals surface area contributed by atoms with Crippen molar-refractivity contribution in [2.75, 3.05) is 11.1 Å². The van der Waals surface area contributed by atoms with E-state index in [9.17, 15) is 9.18 Å². The Bertz CT molecular complexity index is 964. The molecule has 0 atom stereocenters. The molecule has 0 bridgehead atoms. The Balaban J connectivity index is 1.71. The Morgan fingerprint density at radius 1 is 1.30 bits per heavy atom. The maximum atomic E-state index is 13.1. The van der Waals surface area contributed by atoms with E-state index in [-0.39, 0.29) is 16.7 Å². The van der Waals surface area contributed by atoms with Crippen LogP contribution >= 0.6 is 23.4 Å². The Morgan fingerprint density at radius 3 is 2.78 bits per heavy atom. The minimum absolute atomic E-state index is 0.0966. The second-order valence-electron chi connectivity index (χ2n) is 5.40. The van der Waals surface area contributed by atoms with Crippen molar-refractivity contribution in [1.82, 2.24) is 19.7 Å². The molecule has 1 amide bonds. The van der Waals surface area contributed by atoms with E-state index >= 15 is 0 Å². The number of benzene rings is 1. The van der Waals surface area contributed by atoms with Crippen molar-refractivity contribution in [3.63, 3.8) is 0 Å². The quantitative estimate of drug-likeness (QED) is 0.476. The third-order valence-electron chi connectivity index (χ3n) is 3.50. The fraction of sp³-hybridized carbons (Fsp3) is 0.111. The van der Waals surface area contributed by atoms with E-state index in [1.54, 1.807) is 18.5 Å². The standard InChI is InChI=1S/C18H15ClFN5OS/c1-2-9-25-17(12-5-7-21-8-6-12)23-24-18(25)27-11-16(26)22-15-4-3-13(20)10-14(15)19/h2-8,10H,1,9,11H2,(H,22,26). The predicted octanol–water partition coefficient (Wildman–Crippen LogP) is 4.05. The van der Waals surface area contributed by atoms with E-state index in [2.05, 4.69) is 27.1 Å². The van der Waals surface area contributed by atoms with Crippen LogP contribution in [0.25, 0.3) is 11.4 Å². The van der Waals surface area contributed by atoms with Gasteiger partial charge in [0, 0.05) is 24.5 Å². The SMILES string of the molecule is C=CCn1c(SCC(=O)Nc2ccc(F)cc2Cl)nnc1-c1ccncc1. The lowest BCUT2D eigenvalue weighted by atomic mass is 10.2. The van der Waals surface area contributed by atoms with E-state index in [4.69, 9.17) is 11.6 Å². The van der Waals surface area contributed by atoms with Crippen molar-refractivity contribution < 1.29 is 9.18 Å². The van der Waals surface area contributed by atoms with Gasteiger partial charge in [0.05, 0.1) is 16.5 Å². The van der Waals surface area contributed by atoms with Gasteiger partial charge in [-0.15, -0.1) is 16.8 Å². The summed E-state index contributed by atoms with van der Waals surface area (Å²) in [5.41, 5.74) is 1.22. The second kappa shape index (κ2) is 8.79. The van der Waals surface area contributed by atoms with Crippen LogP contribution in [0.5, 0.6) is 0 Å². The first-order valence-corrected chi connectivity index (χ1v) is 9.27. The second-order valence-corrected chi connectivity index (χ2v) is 6.75. The number of allylic oxidation sites excluding steroid dienone is 1. The zero-order valence-electron chi connectivity index (χ0n) is 14.1. The summed E-state index contributed by atoms with van der Waals surface area (Å²) in [6.07, 6.45) is 5.08. The number of pyridine rings is 1. The molecule has 138 valence electrons. The van der Waals surface area contributed by atoms with Crippen LogP contribution in [0.2, 0.25) is 5.02 Å². The molecule has 9 heteroatoms. The van der Waals surface area contributed by atoms with Crippen molar-refractivity contribution in [3.05, 3.63) is 66.2 Å². The van der Waals surface area contributed by atoms with E-state index in [0.29, 0.717) is 23.2 Å². The predicted molar refractivity (Wildman–Crippen MR) is 104 cm³/mol. The number of nitrogens with one attached hydrogen (secondary N) is 1. The molecule has 27 heavy (non-hydrogen) atoms. The topological polar surface area (TPSA) is 72.7 Å². The van der Waals surface area contributed by atoms with Gasteiger partial charge >= 0.3 is 0 Å². The summed E-state index contributed by atoms with van der Waals surface area (Å²) >= 11 is 7.16. The average Bonchev–Trinajstić information content (AvgIpc) is 3.06. The van der Waals surface area contributed by atoms with Gasteiger partial charge in [0.2, 0.25) is 5.91 Å². The summed E-state index contributed by atoms with van der Waals surface area (Å²) in [5.74, 6) is 0.0155. The molecule has 0 unspecified atom stereocenters. The molecule has 3 aromatic rings. The number of hydrogen-bond donors (Lipinski definition) is 1. The third kappa shape index (κ3) is 4.72. The highest BCUT2D eigenvalue weighted by atomic mass is 35.5. The summed E-state index contributed by atoms with van der Waals surface area (Å²) in [4.78, 5) is 16.2. The van der Waals surface area contributed by atoms with Crippen LogP contribution in [-0.2, 0) is 11.3 Å². The lowest BCUT2D eigenvalue weighted by Crippen LogP contribution is -2.15. The van der Waals surface area contributed by atoms with Crippen LogP contribution in [-0.4, -0.2) is 31.4 Å². The fourth-order valence-corrected chi connectivity index (χ4v) is 3.27. The molecule has 0 saturated heterocycles. The molecule has 0 aliphatic heterocycles. The molecule has 0 fully saturated rings. The van der Waals surface area contributed by atoms with Crippen molar-refractivity contribution in [2.45, 2.75) is 11.7 Å². The van der Waals surface area contributed by atoms with E-state index in [1.807, 2.05) is 16.7 Å². The molecule has 2 heterocycles. The number of anilines is 1. The van der Waals surface area contributed by atoms with E-state index < -0.39 is 5.82 Å². The van der Waals surface area contributed by atoms with Gasteiger partial charge in [-0.1, -0.05) is 29.4 Å². The molecule has 0 radical (unpaired) electrons. The minimum atomic E-state index is -0.464. The van der Waals surface area contributed by atoms with Crippen molar-refractivity contribution >= 4 is 35.0 Å². The Hall–Kier alpha value is -2.71. The average molecular weight is 404 g/mol. The Morgan fingerprint density at radius 2 is 2.07 bits per heavy atom. The highest BCUT2D eigenvalue weighted by Crippen LogP contribution is 2.25. The number of thioether (sulfide) groups is 1. The van der Waals surface area contributed by atoms with Crippen LogP contribution < -0.4 is 5.32 Å². The molecule has 1 aromatic carbocycles. The smallest absolute Gasteiger partial charge is 0.234 e. The number of aromatic nitrogens is 4. The maximum Gasteiger partial charge on any atom is 0.234 e. The fourth-order valence-electron chi connectivity index (χ4n) is 2.31. The number of halogens is 2. The van der Waals surface area contributed by atoms with E-state index in [1.165, 1.54) is 23.9 Å². The van der Waals surface area contributed by atoms with Crippen molar-refractivity contribution in [2.24, 2.45) is 0 Å². The minimum Gasteiger partial charge on any atom is -0.324 e.